The van der Waals surface area contributed by atoms with Crippen LogP contribution in [0.5, 0.6) is 0 Å². The monoisotopic (exact) mass is 930 g/mol. The Kier molecular flexibility index (Phi) is 44.9. The molecule has 24 heteroatoms. The van der Waals surface area contributed by atoms with Crippen molar-refractivity contribution in [2.45, 2.75) is 119 Å². The first kappa shape index (κ1) is 66.2. The van der Waals surface area contributed by atoms with E-state index in [-0.39, 0.29) is 107 Å². The Hall–Kier alpha value is -3.95. The van der Waals surface area contributed by atoms with E-state index in [1.54, 1.807) is 6.92 Å². The van der Waals surface area contributed by atoms with Gasteiger partial charge in [0, 0.05) is 24.6 Å². The molecule has 0 amide bonds. The molecule has 8 atom stereocenters. The van der Waals surface area contributed by atoms with Crippen molar-refractivity contribution < 1.29 is 106 Å². The first-order chi connectivity index (χ1) is 27.5. The number of aliphatic hydroxyl groups excluding tert-OH is 4. The molecule has 4 N–H and O–H groups in total. The number of rotatable bonds is 24. The molecule has 8 unspecified atom stereocenters. The molecular weight excluding hydrogens is 863 g/mol. The van der Waals surface area contributed by atoms with Gasteiger partial charge in [0.1, 0.15) is 58.5 Å². The van der Waals surface area contributed by atoms with E-state index in [4.69, 9.17) is 60.4 Å². The van der Waals surface area contributed by atoms with E-state index in [1.165, 1.54) is 48.5 Å². The summed E-state index contributed by atoms with van der Waals surface area (Å²) in [5.41, 5.74) is 0. The molecule has 0 saturated heterocycles. The van der Waals surface area contributed by atoms with Gasteiger partial charge in [0.25, 0.3) is 0 Å². The number of esters is 3. The summed E-state index contributed by atoms with van der Waals surface area (Å²) in [4.78, 5) is 78.0. The Morgan fingerprint density at radius 2 is 0.705 bits per heavy atom. The first-order valence-electron chi connectivity index (χ1n) is 18.5. The molecule has 0 aromatic heterocycles. The van der Waals surface area contributed by atoms with E-state index < -0.39 is 73.2 Å². The number of carbonyl (C=O) groups is 7. The van der Waals surface area contributed by atoms with E-state index in [1.807, 2.05) is 6.92 Å². The second-order valence-electron chi connectivity index (χ2n) is 13.2. The van der Waals surface area contributed by atoms with Gasteiger partial charge in [-0.25, -0.2) is 19.2 Å². The van der Waals surface area contributed by atoms with Crippen molar-refractivity contribution in [3.05, 3.63) is 0 Å². The Morgan fingerprint density at radius 1 is 0.426 bits per heavy atom. The van der Waals surface area contributed by atoms with Crippen LogP contribution in [-0.4, -0.2) is 165 Å². The molecule has 0 rings (SSSR count). The molecule has 0 bridgehead atoms. The lowest BCUT2D eigenvalue weighted by molar-refractivity contribution is -0.153. The Balaban J connectivity index is -0.000000284. The fourth-order valence-electron chi connectivity index (χ4n) is 2.84. The van der Waals surface area contributed by atoms with Crippen molar-refractivity contribution in [2.75, 3.05) is 65.3 Å². The lowest BCUT2D eigenvalue weighted by atomic mass is 10.2. The van der Waals surface area contributed by atoms with E-state index in [0.717, 1.165) is 0 Å². The fraction of sp³-hybridized carbons (Fsp3) is 0.811. The number of hydrogen-bond donors (Lipinski definition) is 4. The molecule has 0 spiro atoms. The van der Waals surface area contributed by atoms with E-state index >= 15 is 0 Å². The summed E-state index contributed by atoms with van der Waals surface area (Å²) in [6, 6.07) is 0. The third kappa shape index (κ3) is 52.1. The van der Waals surface area contributed by atoms with Gasteiger partial charge >= 0.3 is 42.5 Å². The van der Waals surface area contributed by atoms with Crippen LogP contribution in [0, 0.1) is 11.8 Å². The highest BCUT2D eigenvalue weighted by atomic mass is 35.5. The standard InChI is InChI=1S/C18H30O12.C10H18O6.C8H15ClO4.CH4.HP/c1-11(19)7-27-17(23)29-13(3)9-25-15(21)5-6-16(22)26-10-14(4)30-18(24)28-8-12(2)20;1-7(4-14-9(3)12)5-15-10(13)16-6-8(2)11;1-6(3-9)4-12-8(11)13-5-7(2)10;;/h11-14,19-20H,5-10H2,1-4H3;7-8,11H,4-6H2,1-3H3;6-7,10H,3-5H2,1-2H3;1H4;1H/q;;;;-2. The molecule has 0 aromatic rings. The highest BCUT2D eigenvalue weighted by Crippen LogP contribution is 2.04. The highest BCUT2D eigenvalue weighted by molar-refractivity contribution is 6.92. The molecule has 61 heavy (non-hydrogen) atoms. The summed E-state index contributed by atoms with van der Waals surface area (Å²) in [5, 5.41) is 35.6. The second-order valence-corrected chi connectivity index (χ2v) is 13.5. The molecule has 0 radical (unpaired) electrons. The summed E-state index contributed by atoms with van der Waals surface area (Å²) in [6.45, 7) is 13.2. The normalized spacial score (nSPS) is 13.9. The summed E-state index contributed by atoms with van der Waals surface area (Å²) in [6.07, 6.45) is -8.75. The van der Waals surface area contributed by atoms with Crippen LogP contribution >= 0.6 is 21.5 Å². The molecule has 0 saturated carbocycles. The molecule has 0 fully saturated rings. The van der Waals surface area contributed by atoms with Crippen molar-refractivity contribution in [1.29, 1.82) is 0 Å². The summed E-state index contributed by atoms with van der Waals surface area (Å²) < 4.78 is 51.8. The molecule has 0 aliphatic carbocycles. The van der Waals surface area contributed by atoms with Crippen LogP contribution < -0.4 is 0 Å². The maximum absolute atomic E-state index is 11.6. The SMILES string of the molecule is C.CC(=O)OCC(C)COC(=O)OCC(C)O.CC(O)COC(=O)OC(C)COC(=O)CCC(=O)OCC(C)OC(=O)OCC(C)O.CC(O)COC(=O)OCC(C)CCl.[PH-2]. The van der Waals surface area contributed by atoms with E-state index in [0.29, 0.717) is 5.88 Å². The molecule has 362 valence electrons. The van der Waals surface area contributed by atoms with Crippen LogP contribution in [0.2, 0.25) is 0 Å². The molecule has 0 aliphatic rings. The quantitative estimate of drug-likeness (QED) is 0.0459. The van der Waals surface area contributed by atoms with Gasteiger partial charge in [0.15, 0.2) is 0 Å². The number of halogens is 1. The van der Waals surface area contributed by atoms with E-state index in [9.17, 15) is 33.6 Å². The van der Waals surface area contributed by atoms with Crippen LogP contribution in [0.3, 0.4) is 0 Å². The van der Waals surface area contributed by atoms with Crippen molar-refractivity contribution in [2.24, 2.45) is 11.8 Å². The zero-order valence-electron chi connectivity index (χ0n) is 35.6. The zero-order valence-corrected chi connectivity index (χ0v) is 37.4. The van der Waals surface area contributed by atoms with Crippen molar-refractivity contribution >= 4 is 64.0 Å². The summed E-state index contributed by atoms with van der Waals surface area (Å²) in [5.74, 6) is -1.33. The minimum atomic E-state index is -1.01. The van der Waals surface area contributed by atoms with Gasteiger partial charge in [-0.3, -0.25) is 14.4 Å². The molecule has 0 aliphatic heterocycles. The lowest BCUT2D eigenvalue weighted by Crippen LogP contribution is -2.25. The van der Waals surface area contributed by atoms with Crippen LogP contribution in [0.25, 0.3) is 0 Å². The van der Waals surface area contributed by atoms with Gasteiger partial charge in [-0.2, -0.15) is 0 Å². The first-order valence-corrected chi connectivity index (χ1v) is 19.0. The number of carbonyl (C=O) groups excluding carboxylic acids is 7. The third-order valence-corrected chi connectivity index (χ3v) is 6.19. The number of hydrogen-bond acceptors (Lipinski definition) is 22. The van der Waals surface area contributed by atoms with E-state index in [2.05, 4.69) is 23.7 Å². The van der Waals surface area contributed by atoms with Gasteiger partial charge in [-0.05, 0) is 41.5 Å². The third-order valence-electron chi connectivity index (χ3n) is 5.66. The molecule has 22 nitrogen and oxygen atoms in total. The maximum atomic E-state index is 11.6. The molecular formula is C37H68ClO22P-2. The van der Waals surface area contributed by atoms with Crippen molar-refractivity contribution in [1.82, 2.24) is 0 Å². The predicted molar refractivity (Wildman–Crippen MR) is 217 cm³/mol. The largest absolute Gasteiger partial charge is 1.51 e. The minimum Gasteiger partial charge on any atom is -1.51 e. The Bertz CT molecular complexity index is 1140. The smallest absolute Gasteiger partial charge is 0.508 e. The van der Waals surface area contributed by atoms with Gasteiger partial charge in [0.05, 0.1) is 50.5 Å². The summed E-state index contributed by atoms with van der Waals surface area (Å²) >= 11 is 5.49. The molecule has 0 aromatic carbocycles. The van der Waals surface area contributed by atoms with Gasteiger partial charge in [0.2, 0.25) is 0 Å². The average molecular weight is 931 g/mol. The number of alkyl halides is 1. The average Bonchev–Trinajstić information content (AvgIpc) is 3.15. The van der Waals surface area contributed by atoms with Crippen LogP contribution in [-0.2, 0) is 66.5 Å². The van der Waals surface area contributed by atoms with Gasteiger partial charge < -0.3 is 82.4 Å². The number of aliphatic hydroxyl groups is 4. The van der Waals surface area contributed by atoms with Crippen LogP contribution in [0.4, 0.5) is 19.2 Å². The van der Waals surface area contributed by atoms with Crippen LogP contribution in [0.15, 0.2) is 0 Å². The maximum Gasteiger partial charge on any atom is 0.508 e. The van der Waals surface area contributed by atoms with Crippen LogP contribution in [0.1, 0.15) is 82.6 Å². The summed E-state index contributed by atoms with van der Waals surface area (Å²) in [7, 11) is 0. The number of ether oxygens (including phenoxy) is 11. The fourth-order valence-corrected chi connectivity index (χ4v) is 2.93. The minimum absolute atomic E-state index is 0. The lowest BCUT2D eigenvalue weighted by Gasteiger charge is -2.15. The van der Waals surface area contributed by atoms with Crippen molar-refractivity contribution in [3.63, 3.8) is 0 Å². The molecule has 0 heterocycles. The zero-order chi connectivity index (χ0) is 45.9. The topological polar surface area (TPSA) is 302 Å². The Labute approximate surface area is 366 Å². The van der Waals surface area contributed by atoms with Gasteiger partial charge in [-0.1, -0.05) is 21.3 Å². The van der Waals surface area contributed by atoms with Crippen molar-refractivity contribution in [3.8, 4) is 0 Å². The Morgan fingerprint density at radius 3 is 1.00 bits per heavy atom. The highest BCUT2D eigenvalue weighted by Gasteiger charge is 2.18. The van der Waals surface area contributed by atoms with Gasteiger partial charge in [-0.15, -0.1) is 11.6 Å². The predicted octanol–water partition coefficient (Wildman–Crippen LogP) is 4.04. The second kappa shape index (κ2) is 41.4.